The lowest BCUT2D eigenvalue weighted by molar-refractivity contribution is -0.118. The van der Waals surface area contributed by atoms with Crippen molar-refractivity contribution in [2.45, 2.75) is 54.0 Å². The van der Waals surface area contributed by atoms with Gasteiger partial charge in [-0.2, -0.15) is 4.98 Å². The number of nitrogens with one attached hydrogen (secondary N) is 1. The molecule has 2 aromatic rings. The van der Waals surface area contributed by atoms with Gasteiger partial charge in [0, 0.05) is 13.0 Å². The maximum Gasteiger partial charge on any atom is 0.239 e. The van der Waals surface area contributed by atoms with Gasteiger partial charge in [-0.15, -0.1) is 10.2 Å². The number of hydrogen-bond acceptors (Lipinski definition) is 9. The number of rotatable bonds is 10. The summed E-state index contributed by atoms with van der Waals surface area (Å²) in [4.78, 5) is 16.0. The second-order valence-electron chi connectivity index (χ2n) is 5.03. The van der Waals surface area contributed by atoms with Crippen LogP contribution < -0.4 is 5.32 Å². The zero-order chi connectivity index (χ0) is 17.4. The Hall–Kier alpha value is -1.13. The average molecular weight is 388 g/mol. The van der Waals surface area contributed by atoms with Crippen LogP contribution in [0.15, 0.2) is 13.2 Å². The first-order valence-corrected chi connectivity index (χ1v) is 10.5. The smallest absolute Gasteiger partial charge is 0.239 e. The van der Waals surface area contributed by atoms with Crippen LogP contribution in [0.4, 0.5) is 0 Å². The minimum atomic E-state index is 0.0155. The summed E-state index contributed by atoms with van der Waals surface area (Å²) in [5.41, 5.74) is 0. The van der Waals surface area contributed by atoms with E-state index in [1.807, 2.05) is 13.8 Å². The van der Waals surface area contributed by atoms with Crippen molar-refractivity contribution >= 4 is 40.8 Å². The molecule has 7 nitrogen and oxygen atoms in total. The number of amides is 1. The molecule has 132 valence electrons. The molecule has 2 rings (SSSR count). The zero-order valence-electron chi connectivity index (χ0n) is 13.9. The fraction of sp³-hybridized carbons (Fsp3) is 0.643. The Balaban J connectivity index is 1.82. The monoisotopic (exact) mass is 387 g/mol. The molecule has 1 amide bonds. The van der Waals surface area contributed by atoms with E-state index in [1.54, 1.807) is 0 Å². The molecule has 1 atom stereocenters. The normalized spacial score (nSPS) is 12.3. The van der Waals surface area contributed by atoms with Crippen LogP contribution in [0.2, 0.25) is 0 Å². The van der Waals surface area contributed by atoms with Gasteiger partial charge in [0.1, 0.15) is 0 Å². The Morgan fingerprint density at radius 2 is 2.08 bits per heavy atom. The quantitative estimate of drug-likeness (QED) is 0.620. The number of nitrogens with zero attached hydrogens (tertiary/aromatic N) is 4. The number of hydrogen-bond donors (Lipinski definition) is 1. The molecule has 0 aromatic carbocycles. The van der Waals surface area contributed by atoms with Gasteiger partial charge < -0.3 is 9.84 Å². The lowest BCUT2D eigenvalue weighted by atomic mass is 10.3. The molecule has 2 aromatic heterocycles. The summed E-state index contributed by atoms with van der Waals surface area (Å²) < 4.78 is 6.90. The molecule has 2 heterocycles. The van der Waals surface area contributed by atoms with E-state index in [0.29, 0.717) is 18.2 Å². The molecule has 0 saturated heterocycles. The molecule has 24 heavy (non-hydrogen) atoms. The van der Waals surface area contributed by atoms with Crippen molar-refractivity contribution in [1.82, 2.24) is 25.7 Å². The molecule has 0 bridgehead atoms. The molecule has 0 fully saturated rings. The summed E-state index contributed by atoms with van der Waals surface area (Å²) in [6, 6.07) is 0. The van der Waals surface area contributed by atoms with E-state index in [0.717, 1.165) is 33.8 Å². The Kier molecular flexibility index (Phi) is 8.00. The second-order valence-corrected chi connectivity index (χ2v) is 8.82. The summed E-state index contributed by atoms with van der Waals surface area (Å²) in [6.45, 7) is 6.81. The van der Waals surface area contributed by atoms with Gasteiger partial charge in [0.05, 0.1) is 11.0 Å². The van der Waals surface area contributed by atoms with Gasteiger partial charge in [0.25, 0.3) is 0 Å². The molecular weight excluding hydrogens is 366 g/mol. The molecule has 0 spiro atoms. The SMILES string of the molecule is CCCNC(=O)CSc1nnc(SC(C)c2nc(CCC)no2)s1. The van der Waals surface area contributed by atoms with Crippen molar-refractivity contribution in [2.75, 3.05) is 12.3 Å². The maximum absolute atomic E-state index is 11.6. The first-order valence-electron chi connectivity index (χ1n) is 7.84. The fourth-order valence-electron chi connectivity index (χ4n) is 1.71. The highest BCUT2D eigenvalue weighted by molar-refractivity contribution is 8.03. The van der Waals surface area contributed by atoms with E-state index >= 15 is 0 Å². The Morgan fingerprint density at radius 1 is 1.29 bits per heavy atom. The summed E-state index contributed by atoms with van der Waals surface area (Å²) in [7, 11) is 0. The summed E-state index contributed by atoms with van der Waals surface area (Å²) in [5.74, 6) is 1.73. The zero-order valence-corrected chi connectivity index (χ0v) is 16.4. The van der Waals surface area contributed by atoms with Crippen molar-refractivity contribution in [3.8, 4) is 0 Å². The molecule has 10 heteroatoms. The Labute approximate surface area is 153 Å². The second kappa shape index (κ2) is 10.00. The third-order valence-electron chi connectivity index (χ3n) is 2.87. The highest BCUT2D eigenvalue weighted by Crippen LogP contribution is 2.37. The van der Waals surface area contributed by atoms with Crippen LogP contribution in [0.1, 0.15) is 50.6 Å². The Bertz CT molecular complexity index is 646. The van der Waals surface area contributed by atoms with Gasteiger partial charge in [-0.05, 0) is 19.8 Å². The minimum Gasteiger partial charge on any atom is -0.355 e. The largest absolute Gasteiger partial charge is 0.355 e. The van der Waals surface area contributed by atoms with E-state index < -0.39 is 0 Å². The molecule has 1 N–H and O–H groups in total. The molecule has 0 saturated carbocycles. The van der Waals surface area contributed by atoms with E-state index in [4.69, 9.17) is 4.52 Å². The average Bonchev–Trinajstić information content (AvgIpc) is 3.21. The first kappa shape index (κ1) is 19.2. The summed E-state index contributed by atoms with van der Waals surface area (Å²) in [5, 5.41) is 15.1. The van der Waals surface area contributed by atoms with E-state index in [2.05, 4.69) is 32.6 Å². The highest BCUT2D eigenvalue weighted by atomic mass is 32.2. The summed E-state index contributed by atoms with van der Waals surface area (Å²) in [6.07, 6.45) is 2.74. The first-order chi connectivity index (χ1) is 11.6. The van der Waals surface area contributed by atoms with E-state index in [1.165, 1.54) is 34.9 Å². The third-order valence-corrected chi connectivity index (χ3v) is 6.10. The highest BCUT2D eigenvalue weighted by Gasteiger charge is 2.18. The number of thioether (sulfide) groups is 2. The minimum absolute atomic E-state index is 0.0155. The van der Waals surface area contributed by atoms with Gasteiger partial charge in [-0.25, -0.2) is 0 Å². The van der Waals surface area contributed by atoms with Gasteiger partial charge in [0.2, 0.25) is 11.8 Å². The predicted octanol–water partition coefficient (Wildman–Crippen LogP) is 3.35. The van der Waals surface area contributed by atoms with Crippen LogP contribution in [-0.2, 0) is 11.2 Å². The van der Waals surface area contributed by atoms with E-state index in [-0.39, 0.29) is 11.2 Å². The van der Waals surface area contributed by atoms with Crippen LogP contribution in [0.5, 0.6) is 0 Å². The van der Waals surface area contributed by atoms with E-state index in [9.17, 15) is 4.79 Å². The van der Waals surface area contributed by atoms with Gasteiger partial charge in [-0.3, -0.25) is 4.79 Å². The summed E-state index contributed by atoms with van der Waals surface area (Å²) >= 11 is 4.41. The maximum atomic E-state index is 11.6. The fourth-order valence-corrected chi connectivity index (χ4v) is 4.73. The van der Waals surface area contributed by atoms with Crippen molar-refractivity contribution in [1.29, 1.82) is 0 Å². The molecule has 0 aliphatic heterocycles. The molecule has 0 radical (unpaired) electrons. The molecule has 0 aliphatic carbocycles. The van der Waals surface area contributed by atoms with Crippen molar-refractivity contribution < 1.29 is 9.32 Å². The topological polar surface area (TPSA) is 93.8 Å². The lowest BCUT2D eigenvalue weighted by Gasteiger charge is -2.01. The van der Waals surface area contributed by atoms with Crippen LogP contribution in [0.25, 0.3) is 0 Å². The predicted molar refractivity (Wildman–Crippen MR) is 96.5 cm³/mol. The number of aromatic nitrogens is 4. The van der Waals surface area contributed by atoms with Crippen molar-refractivity contribution in [3.05, 3.63) is 11.7 Å². The van der Waals surface area contributed by atoms with Crippen molar-refractivity contribution in [2.24, 2.45) is 0 Å². The van der Waals surface area contributed by atoms with Gasteiger partial charge >= 0.3 is 0 Å². The molecule has 1 unspecified atom stereocenters. The van der Waals surface area contributed by atoms with Crippen LogP contribution >= 0.6 is 34.9 Å². The third kappa shape index (κ3) is 6.06. The standard InChI is InChI=1S/C14H21N5O2S3/c1-4-6-10-16-12(21-19-10)9(3)23-14-18-17-13(24-14)22-8-11(20)15-7-5-2/h9H,4-8H2,1-3H3,(H,15,20). The lowest BCUT2D eigenvalue weighted by Crippen LogP contribution is -2.25. The van der Waals surface area contributed by atoms with Crippen LogP contribution in [0.3, 0.4) is 0 Å². The van der Waals surface area contributed by atoms with Gasteiger partial charge in [0.15, 0.2) is 14.5 Å². The number of aryl methyl sites for hydroxylation is 1. The van der Waals surface area contributed by atoms with Gasteiger partial charge in [-0.1, -0.05) is 53.9 Å². The van der Waals surface area contributed by atoms with Crippen LogP contribution in [0, 0.1) is 0 Å². The van der Waals surface area contributed by atoms with Crippen molar-refractivity contribution in [3.63, 3.8) is 0 Å². The van der Waals surface area contributed by atoms with Crippen LogP contribution in [-0.4, -0.2) is 38.5 Å². The number of carbonyl (C=O) groups excluding carboxylic acids is 1. The number of carbonyl (C=O) groups is 1. The Morgan fingerprint density at radius 3 is 2.83 bits per heavy atom. The molecule has 0 aliphatic rings. The molecular formula is C14H21N5O2S3.